The summed E-state index contributed by atoms with van der Waals surface area (Å²) in [6, 6.07) is 7.52. The molecule has 29 heavy (non-hydrogen) atoms. The van der Waals surface area contributed by atoms with E-state index in [4.69, 9.17) is 9.47 Å². The third kappa shape index (κ3) is 4.40. The Balaban J connectivity index is 1.50. The Bertz CT molecular complexity index is 933. The van der Waals surface area contributed by atoms with E-state index in [1.807, 2.05) is 31.2 Å². The molecule has 1 aromatic carbocycles. The minimum absolute atomic E-state index is 0.0505. The van der Waals surface area contributed by atoms with E-state index >= 15 is 0 Å². The number of nitrogens with one attached hydrogen (secondary N) is 2. The number of anilines is 1. The molecular formula is C22H26N2O4S. The Morgan fingerprint density at radius 3 is 2.52 bits per heavy atom. The van der Waals surface area contributed by atoms with Crippen LogP contribution in [0.5, 0.6) is 11.5 Å². The SMILES string of the molecule is Cc1cc(NC(=O)C2CC2)sc1C(=O)NC(c1ccc2c(c1)OCCO2)C(C)C. The average Bonchev–Trinajstić information content (AvgIpc) is 3.49. The summed E-state index contributed by atoms with van der Waals surface area (Å²) >= 11 is 1.32. The van der Waals surface area contributed by atoms with Gasteiger partial charge < -0.3 is 20.1 Å². The van der Waals surface area contributed by atoms with Gasteiger partial charge in [-0.25, -0.2) is 0 Å². The minimum Gasteiger partial charge on any atom is -0.486 e. The fourth-order valence-electron chi connectivity index (χ4n) is 3.43. The van der Waals surface area contributed by atoms with Crippen LogP contribution in [0.3, 0.4) is 0 Å². The molecule has 1 unspecified atom stereocenters. The van der Waals surface area contributed by atoms with Crippen molar-refractivity contribution in [1.29, 1.82) is 0 Å². The molecule has 2 amide bonds. The Morgan fingerprint density at radius 1 is 1.10 bits per heavy atom. The molecule has 7 heteroatoms. The molecule has 1 fully saturated rings. The van der Waals surface area contributed by atoms with E-state index in [0.717, 1.165) is 34.7 Å². The van der Waals surface area contributed by atoms with Crippen LogP contribution in [0.4, 0.5) is 5.00 Å². The molecule has 6 nitrogen and oxygen atoms in total. The van der Waals surface area contributed by atoms with Crippen molar-refractivity contribution in [3.05, 3.63) is 40.3 Å². The molecule has 0 bridgehead atoms. The normalized spacial score (nSPS) is 16.4. The lowest BCUT2D eigenvalue weighted by Gasteiger charge is -2.25. The summed E-state index contributed by atoms with van der Waals surface area (Å²) in [7, 11) is 0. The van der Waals surface area contributed by atoms with Gasteiger partial charge in [0.1, 0.15) is 13.2 Å². The van der Waals surface area contributed by atoms with Gasteiger partial charge in [0.25, 0.3) is 5.91 Å². The van der Waals surface area contributed by atoms with Crippen molar-refractivity contribution in [2.45, 2.75) is 39.7 Å². The summed E-state index contributed by atoms with van der Waals surface area (Å²) in [6.45, 7) is 7.12. The number of carbonyl (C=O) groups is 2. The molecule has 2 aliphatic rings. The van der Waals surface area contributed by atoms with Crippen molar-refractivity contribution >= 4 is 28.2 Å². The van der Waals surface area contributed by atoms with E-state index in [1.165, 1.54) is 11.3 Å². The van der Waals surface area contributed by atoms with Crippen LogP contribution in [0.15, 0.2) is 24.3 Å². The quantitative estimate of drug-likeness (QED) is 0.739. The van der Waals surface area contributed by atoms with Gasteiger partial charge in [-0.2, -0.15) is 0 Å². The maximum Gasteiger partial charge on any atom is 0.262 e. The lowest BCUT2D eigenvalue weighted by molar-refractivity contribution is -0.117. The third-order valence-corrected chi connectivity index (χ3v) is 6.35. The van der Waals surface area contributed by atoms with Gasteiger partial charge in [0.2, 0.25) is 5.91 Å². The van der Waals surface area contributed by atoms with Crippen molar-refractivity contribution in [3.63, 3.8) is 0 Å². The zero-order valence-electron chi connectivity index (χ0n) is 16.9. The molecule has 0 saturated heterocycles. The monoisotopic (exact) mass is 414 g/mol. The molecule has 0 spiro atoms. The van der Waals surface area contributed by atoms with Crippen LogP contribution in [-0.4, -0.2) is 25.0 Å². The molecule has 1 aromatic heterocycles. The highest BCUT2D eigenvalue weighted by Gasteiger charge is 2.30. The van der Waals surface area contributed by atoms with Gasteiger partial charge in [-0.3, -0.25) is 9.59 Å². The molecule has 2 aromatic rings. The van der Waals surface area contributed by atoms with Crippen molar-refractivity contribution in [2.24, 2.45) is 11.8 Å². The number of amides is 2. The summed E-state index contributed by atoms with van der Waals surface area (Å²) in [5.74, 6) is 1.69. The van der Waals surface area contributed by atoms with Gasteiger partial charge >= 0.3 is 0 Å². The number of thiophene rings is 1. The summed E-state index contributed by atoms with van der Waals surface area (Å²) in [6.07, 6.45) is 1.91. The lowest BCUT2D eigenvalue weighted by atomic mass is 9.95. The Labute approximate surface area is 174 Å². The number of aryl methyl sites for hydroxylation is 1. The fraction of sp³-hybridized carbons (Fsp3) is 0.455. The summed E-state index contributed by atoms with van der Waals surface area (Å²) in [5, 5.41) is 6.82. The van der Waals surface area contributed by atoms with Crippen molar-refractivity contribution in [3.8, 4) is 11.5 Å². The zero-order valence-corrected chi connectivity index (χ0v) is 17.7. The summed E-state index contributed by atoms with van der Waals surface area (Å²) < 4.78 is 11.3. The predicted molar refractivity (Wildman–Crippen MR) is 113 cm³/mol. The molecule has 1 aliphatic carbocycles. The Hall–Kier alpha value is -2.54. The summed E-state index contributed by atoms with van der Waals surface area (Å²) in [4.78, 5) is 25.7. The van der Waals surface area contributed by atoms with Gasteiger partial charge in [-0.05, 0) is 55.0 Å². The second-order valence-corrected chi connectivity index (χ2v) is 9.04. The molecule has 1 aliphatic heterocycles. The zero-order chi connectivity index (χ0) is 20.5. The van der Waals surface area contributed by atoms with Crippen LogP contribution >= 0.6 is 11.3 Å². The lowest BCUT2D eigenvalue weighted by Crippen LogP contribution is -2.31. The van der Waals surface area contributed by atoms with Crippen LogP contribution in [0.2, 0.25) is 0 Å². The number of hydrogen-bond acceptors (Lipinski definition) is 5. The van der Waals surface area contributed by atoms with Gasteiger partial charge in [-0.1, -0.05) is 19.9 Å². The molecule has 154 valence electrons. The van der Waals surface area contributed by atoms with Crippen LogP contribution in [-0.2, 0) is 4.79 Å². The highest BCUT2D eigenvalue weighted by Crippen LogP contribution is 2.36. The van der Waals surface area contributed by atoms with Gasteiger partial charge in [0, 0.05) is 5.92 Å². The second-order valence-electron chi connectivity index (χ2n) is 7.98. The number of carbonyl (C=O) groups excluding carboxylic acids is 2. The van der Waals surface area contributed by atoms with E-state index in [-0.39, 0.29) is 29.7 Å². The largest absolute Gasteiger partial charge is 0.486 e. The molecular weight excluding hydrogens is 388 g/mol. The molecule has 1 atom stereocenters. The van der Waals surface area contributed by atoms with E-state index in [1.54, 1.807) is 0 Å². The highest BCUT2D eigenvalue weighted by molar-refractivity contribution is 7.18. The standard InChI is InChI=1S/C22H26N2O4S/c1-12(2)19(15-6-7-16-17(11-15)28-9-8-27-16)24-22(26)20-13(3)10-18(29-20)23-21(25)14-4-5-14/h6-7,10-12,14,19H,4-5,8-9H2,1-3H3,(H,23,25)(H,24,26). The minimum atomic E-state index is -0.163. The molecule has 0 radical (unpaired) electrons. The maximum absolute atomic E-state index is 13.0. The van der Waals surface area contributed by atoms with Crippen LogP contribution in [0.1, 0.15) is 53.5 Å². The maximum atomic E-state index is 13.0. The average molecular weight is 415 g/mol. The van der Waals surface area contributed by atoms with Crippen molar-refractivity contribution in [2.75, 3.05) is 18.5 Å². The van der Waals surface area contributed by atoms with E-state index in [0.29, 0.717) is 23.8 Å². The first-order valence-corrected chi connectivity index (χ1v) is 10.9. The Kier molecular flexibility index (Phi) is 5.50. The molecule has 1 saturated carbocycles. The first kappa shape index (κ1) is 19.8. The van der Waals surface area contributed by atoms with Crippen LogP contribution in [0.25, 0.3) is 0 Å². The number of fused-ring (bicyclic) bond motifs is 1. The molecule has 2 heterocycles. The number of benzene rings is 1. The van der Waals surface area contributed by atoms with E-state index in [2.05, 4.69) is 24.5 Å². The second kappa shape index (κ2) is 8.06. The van der Waals surface area contributed by atoms with Crippen LogP contribution in [0, 0.1) is 18.8 Å². The van der Waals surface area contributed by atoms with Gasteiger partial charge in [-0.15, -0.1) is 11.3 Å². The molecule has 2 N–H and O–H groups in total. The smallest absolute Gasteiger partial charge is 0.262 e. The van der Waals surface area contributed by atoms with Gasteiger partial charge in [0.05, 0.1) is 15.9 Å². The predicted octanol–water partition coefficient (Wildman–Crippen LogP) is 4.30. The van der Waals surface area contributed by atoms with Crippen molar-refractivity contribution in [1.82, 2.24) is 5.32 Å². The fourth-order valence-corrected chi connectivity index (χ4v) is 4.41. The topological polar surface area (TPSA) is 76.7 Å². The number of ether oxygens (including phenoxy) is 2. The molecule has 4 rings (SSSR count). The van der Waals surface area contributed by atoms with E-state index in [9.17, 15) is 9.59 Å². The number of hydrogen-bond donors (Lipinski definition) is 2. The van der Waals surface area contributed by atoms with Crippen molar-refractivity contribution < 1.29 is 19.1 Å². The highest BCUT2D eigenvalue weighted by atomic mass is 32.1. The Morgan fingerprint density at radius 2 is 1.83 bits per heavy atom. The summed E-state index contributed by atoms with van der Waals surface area (Å²) in [5.41, 5.74) is 1.84. The van der Waals surface area contributed by atoms with Gasteiger partial charge in [0.15, 0.2) is 11.5 Å². The van der Waals surface area contributed by atoms with E-state index < -0.39 is 0 Å². The first-order valence-electron chi connectivity index (χ1n) is 10.0. The van der Waals surface area contributed by atoms with Crippen LogP contribution < -0.4 is 20.1 Å². The number of rotatable bonds is 6. The first-order chi connectivity index (χ1) is 13.9. The third-order valence-electron chi connectivity index (χ3n) is 5.20.